The molecule has 0 amide bonds. The summed E-state index contributed by atoms with van der Waals surface area (Å²) in [5, 5.41) is 9.37. The number of aliphatic hydroxyl groups excluding tert-OH is 1. The van der Waals surface area contributed by atoms with Crippen molar-refractivity contribution in [1.29, 1.82) is 0 Å². The number of hydrogen-bond acceptors (Lipinski definition) is 4. The van der Waals surface area contributed by atoms with Crippen LogP contribution in [-0.4, -0.2) is 17.8 Å². The van der Waals surface area contributed by atoms with Gasteiger partial charge in [0.05, 0.1) is 12.1 Å². The molecule has 7 N–H and O–H groups in total. The van der Waals surface area contributed by atoms with Crippen molar-refractivity contribution < 1.29 is 5.11 Å². The molecule has 2 unspecified atom stereocenters. The Bertz CT molecular complexity index is 273. The monoisotopic (exact) mass is 325 g/mol. The summed E-state index contributed by atoms with van der Waals surface area (Å²) in [6.07, 6.45) is -0.705. The smallest absolute Gasteiger partial charge is 0.0854 e. The van der Waals surface area contributed by atoms with Gasteiger partial charge in [-0.05, 0) is 17.7 Å². The molecule has 17 heavy (non-hydrogen) atoms. The van der Waals surface area contributed by atoms with Gasteiger partial charge in [-0.2, -0.15) is 0 Å². The summed E-state index contributed by atoms with van der Waals surface area (Å²) in [5.74, 6) is 0. The van der Waals surface area contributed by atoms with Gasteiger partial charge < -0.3 is 22.3 Å². The van der Waals surface area contributed by atoms with Gasteiger partial charge in [-0.15, -0.1) is 49.6 Å². The molecular formula is C9H19Cl4N3O. The van der Waals surface area contributed by atoms with Crippen molar-refractivity contribution in [2.75, 3.05) is 12.3 Å². The van der Waals surface area contributed by atoms with Crippen molar-refractivity contribution in [3.8, 4) is 0 Å². The van der Waals surface area contributed by atoms with Crippen LogP contribution in [0, 0.1) is 0 Å². The predicted octanol–water partition coefficient (Wildman–Crippen LogP) is 1.28. The van der Waals surface area contributed by atoms with Crippen molar-refractivity contribution in [3.05, 3.63) is 29.8 Å². The van der Waals surface area contributed by atoms with Gasteiger partial charge in [-0.3, -0.25) is 0 Å². The Balaban J connectivity index is -0.000000211. The predicted molar refractivity (Wildman–Crippen MR) is 81.8 cm³/mol. The van der Waals surface area contributed by atoms with E-state index in [1.807, 2.05) is 0 Å². The Morgan fingerprint density at radius 1 is 1.00 bits per heavy atom. The molecule has 0 saturated carbocycles. The minimum absolute atomic E-state index is 0. The van der Waals surface area contributed by atoms with E-state index in [1.165, 1.54) is 0 Å². The van der Waals surface area contributed by atoms with E-state index in [4.69, 9.17) is 17.2 Å². The molecule has 1 aromatic rings. The van der Waals surface area contributed by atoms with Crippen LogP contribution in [-0.2, 0) is 0 Å². The molecule has 1 rings (SSSR count). The zero-order valence-electron chi connectivity index (χ0n) is 8.98. The van der Waals surface area contributed by atoms with E-state index < -0.39 is 12.1 Å². The summed E-state index contributed by atoms with van der Waals surface area (Å²) in [6.45, 7) is 0.158. The van der Waals surface area contributed by atoms with Gasteiger partial charge in [-0.1, -0.05) is 12.1 Å². The summed E-state index contributed by atoms with van der Waals surface area (Å²) in [7, 11) is 0. The highest BCUT2D eigenvalue weighted by molar-refractivity contribution is 5.86. The maximum Gasteiger partial charge on any atom is 0.0854 e. The lowest BCUT2D eigenvalue weighted by atomic mass is 10.0. The highest BCUT2D eigenvalue weighted by Gasteiger charge is 2.14. The molecule has 0 heterocycles. The normalized spacial score (nSPS) is 11.7. The maximum absolute atomic E-state index is 9.37. The van der Waals surface area contributed by atoms with Crippen LogP contribution in [0.15, 0.2) is 24.3 Å². The molecular weight excluding hydrogens is 308 g/mol. The first-order valence-corrected chi connectivity index (χ1v) is 4.14. The van der Waals surface area contributed by atoms with Crippen LogP contribution < -0.4 is 17.2 Å². The standard InChI is InChI=1S/C9H15N3O.4ClH/c10-5-8(13)9(12)6-1-3-7(11)4-2-6;;;;/h1-4,8-9,13H,5,10-12H2;4*1H. The maximum atomic E-state index is 9.37. The summed E-state index contributed by atoms with van der Waals surface area (Å²) in [6, 6.07) is 6.64. The number of anilines is 1. The van der Waals surface area contributed by atoms with E-state index in [1.54, 1.807) is 24.3 Å². The number of hydrogen-bond donors (Lipinski definition) is 4. The largest absolute Gasteiger partial charge is 0.399 e. The molecule has 0 aliphatic rings. The molecule has 4 nitrogen and oxygen atoms in total. The van der Waals surface area contributed by atoms with Crippen molar-refractivity contribution in [3.63, 3.8) is 0 Å². The number of halogens is 4. The third-order valence-corrected chi connectivity index (χ3v) is 1.98. The van der Waals surface area contributed by atoms with Crippen LogP contribution in [0.4, 0.5) is 5.69 Å². The fourth-order valence-electron chi connectivity index (χ4n) is 1.09. The highest BCUT2D eigenvalue weighted by atomic mass is 35.5. The second kappa shape index (κ2) is 12.5. The highest BCUT2D eigenvalue weighted by Crippen LogP contribution is 2.15. The molecule has 104 valence electrons. The first-order chi connectivity index (χ1) is 6.15. The second-order valence-electron chi connectivity index (χ2n) is 3.00. The van der Waals surface area contributed by atoms with Gasteiger partial charge in [-0.25, -0.2) is 0 Å². The first-order valence-electron chi connectivity index (χ1n) is 4.14. The third kappa shape index (κ3) is 7.89. The zero-order valence-corrected chi connectivity index (χ0v) is 12.2. The van der Waals surface area contributed by atoms with Crippen molar-refractivity contribution in [1.82, 2.24) is 0 Å². The summed E-state index contributed by atoms with van der Waals surface area (Å²) < 4.78 is 0. The van der Waals surface area contributed by atoms with Crippen LogP contribution in [0.3, 0.4) is 0 Å². The van der Waals surface area contributed by atoms with Crippen molar-refractivity contribution >= 4 is 55.3 Å². The molecule has 0 bridgehead atoms. The van der Waals surface area contributed by atoms with Crippen LogP contribution in [0.1, 0.15) is 11.6 Å². The minimum atomic E-state index is -0.705. The molecule has 0 aliphatic heterocycles. The van der Waals surface area contributed by atoms with Crippen molar-refractivity contribution in [2.24, 2.45) is 11.5 Å². The SMILES string of the molecule is Cl.Cl.Cl.Cl.NCC(O)C(N)c1ccc(N)cc1. The Kier molecular flexibility index (Phi) is 19.0. The summed E-state index contributed by atoms with van der Waals surface area (Å²) in [4.78, 5) is 0. The van der Waals surface area contributed by atoms with Crippen LogP contribution in [0.5, 0.6) is 0 Å². The average Bonchev–Trinajstić information content (AvgIpc) is 2.17. The van der Waals surface area contributed by atoms with Crippen molar-refractivity contribution in [2.45, 2.75) is 12.1 Å². The van der Waals surface area contributed by atoms with E-state index in [9.17, 15) is 5.11 Å². The van der Waals surface area contributed by atoms with Gasteiger partial charge >= 0.3 is 0 Å². The van der Waals surface area contributed by atoms with Gasteiger partial charge in [0.1, 0.15) is 0 Å². The van der Waals surface area contributed by atoms with E-state index >= 15 is 0 Å². The first kappa shape index (κ1) is 25.8. The lowest BCUT2D eigenvalue weighted by molar-refractivity contribution is 0.153. The van der Waals surface area contributed by atoms with E-state index in [-0.39, 0.29) is 56.2 Å². The number of benzene rings is 1. The van der Waals surface area contributed by atoms with E-state index in [0.717, 1.165) is 5.56 Å². The summed E-state index contributed by atoms with van der Waals surface area (Å²) in [5.41, 5.74) is 18.0. The van der Waals surface area contributed by atoms with Gasteiger partial charge in [0.2, 0.25) is 0 Å². The number of rotatable bonds is 3. The Labute approximate surface area is 126 Å². The molecule has 1 aromatic carbocycles. The van der Waals surface area contributed by atoms with Gasteiger partial charge in [0.15, 0.2) is 0 Å². The number of nitrogens with two attached hydrogens (primary N) is 3. The quantitative estimate of drug-likeness (QED) is 0.629. The topological polar surface area (TPSA) is 98.3 Å². The third-order valence-electron chi connectivity index (χ3n) is 1.98. The second-order valence-corrected chi connectivity index (χ2v) is 3.00. The fraction of sp³-hybridized carbons (Fsp3) is 0.333. The molecule has 2 atom stereocenters. The molecule has 0 saturated heterocycles. The van der Waals surface area contributed by atoms with Crippen LogP contribution in [0.2, 0.25) is 0 Å². The lowest BCUT2D eigenvalue weighted by Gasteiger charge is -2.17. The Morgan fingerprint density at radius 3 is 1.76 bits per heavy atom. The molecule has 8 heteroatoms. The minimum Gasteiger partial charge on any atom is -0.399 e. The Hall–Kier alpha value is 0.0600. The van der Waals surface area contributed by atoms with Gasteiger partial charge in [0.25, 0.3) is 0 Å². The fourth-order valence-corrected chi connectivity index (χ4v) is 1.09. The molecule has 0 aliphatic carbocycles. The number of aliphatic hydroxyl groups is 1. The van der Waals surface area contributed by atoms with Crippen LogP contribution in [0.25, 0.3) is 0 Å². The zero-order chi connectivity index (χ0) is 9.84. The average molecular weight is 327 g/mol. The molecule has 0 fully saturated rings. The Morgan fingerprint density at radius 2 is 1.41 bits per heavy atom. The molecule has 0 aromatic heterocycles. The van der Waals surface area contributed by atoms with Gasteiger partial charge in [0, 0.05) is 12.2 Å². The van der Waals surface area contributed by atoms with E-state index in [0.29, 0.717) is 5.69 Å². The number of nitrogen functional groups attached to an aromatic ring is 1. The van der Waals surface area contributed by atoms with Crippen LogP contribution >= 0.6 is 49.6 Å². The molecule has 0 spiro atoms. The van der Waals surface area contributed by atoms with E-state index in [2.05, 4.69) is 0 Å². The lowest BCUT2D eigenvalue weighted by Crippen LogP contribution is -2.32. The summed E-state index contributed by atoms with van der Waals surface area (Å²) >= 11 is 0. The molecule has 0 radical (unpaired) electrons.